The minimum atomic E-state index is -5.66. The lowest BCUT2D eigenvalue weighted by molar-refractivity contribution is -0.451. The largest absolute Gasteiger partial charge is 0.355 e. The molecule has 1 aliphatic rings. The highest BCUT2D eigenvalue weighted by Gasteiger charge is 2.98. The molecule has 0 unspecified atom stereocenters. The molecule has 172 valence electrons. The van der Waals surface area contributed by atoms with Crippen LogP contribution in [0.15, 0.2) is 60.7 Å². The zero-order valence-corrected chi connectivity index (χ0v) is 15.2. The molecule has 0 N–H and O–H groups in total. The van der Waals surface area contributed by atoms with Crippen molar-refractivity contribution in [1.29, 1.82) is 0 Å². The molecular weight excluding hydrogens is 468 g/mol. The van der Waals surface area contributed by atoms with Crippen LogP contribution in [0.5, 0.6) is 0 Å². The standard InChI is InChI=1S/C20H8F12/c21-13(15(23)24)9-1-5-11(6-2-9)17(27)18(28,20(31,32)19(17,29)30)12-7-3-10(4-8-12)14(22)16(25)26/h1-8H/t17-,18-/m0/s1. The maximum absolute atomic E-state index is 15.5. The molecule has 0 amide bonds. The summed E-state index contributed by atoms with van der Waals surface area (Å²) in [7, 11) is 0. The molecule has 0 heterocycles. The fraction of sp³-hybridized carbons (Fsp3) is 0.200. The molecule has 0 nitrogen and oxygen atoms in total. The number of alkyl halides is 6. The van der Waals surface area contributed by atoms with Crippen LogP contribution in [0.25, 0.3) is 11.7 Å². The summed E-state index contributed by atoms with van der Waals surface area (Å²) in [4.78, 5) is 0. The average molecular weight is 476 g/mol. The Morgan fingerprint density at radius 2 is 0.688 bits per heavy atom. The predicted octanol–water partition coefficient (Wildman–Crippen LogP) is 8.07. The van der Waals surface area contributed by atoms with Gasteiger partial charge in [-0.05, 0) is 11.1 Å². The van der Waals surface area contributed by atoms with Crippen LogP contribution in [0.2, 0.25) is 0 Å². The topological polar surface area (TPSA) is 0 Å². The second-order valence-corrected chi connectivity index (χ2v) is 6.77. The first-order valence-electron chi connectivity index (χ1n) is 8.41. The van der Waals surface area contributed by atoms with Crippen molar-refractivity contribution in [2.24, 2.45) is 0 Å². The molecule has 0 aliphatic heterocycles. The third-order valence-electron chi connectivity index (χ3n) is 5.14. The van der Waals surface area contributed by atoms with Crippen molar-refractivity contribution < 1.29 is 52.7 Å². The number of benzene rings is 2. The lowest BCUT2D eigenvalue weighted by atomic mass is 9.55. The molecule has 3 rings (SSSR count). The Bertz CT molecular complexity index is 1000. The summed E-state index contributed by atoms with van der Waals surface area (Å²) in [6.07, 6.45) is -5.61. The Labute approximate surface area is 171 Å². The van der Waals surface area contributed by atoms with Gasteiger partial charge in [-0.3, -0.25) is 0 Å². The van der Waals surface area contributed by atoms with E-state index in [9.17, 15) is 43.9 Å². The quantitative estimate of drug-likeness (QED) is 0.392. The van der Waals surface area contributed by atoms with Gasteiger partial charge in [0.05, 0.1) is 0 Å². The van der Waals surface area contributed by atoms with E-state index in [2.05, 4.69) is 0 Å². The van der Waals surface area contributed by atoms with Gasteiger partial charge in [-0.1, -0.05) is 48.5 Å². The summed E-state index contributed by atoms with van der Waals surface area (Å²) in [5, 5.41) is 0. The Kier molecular flexibility index (Phi) is 5.42. The molecule has 0 bridgehead atoms. The van der Waals surface area contributed by atoms with E-state index in [4.69, 9.17) is 0 Å². The number of hydrogen-bond acceptors (Lipinski definition) is 0. The summed E-state index contributed by atoms with van der Waals surface area (Å²) < 4.78 is 163. The van der Waals surface area contributed by atoms with Crippen molar-refractivity contribution in [3.63, 3.8) is 0 Å². The molecule has 2 atom stereocenters. The molecule has 12 heteroatoms. The number of hydrogen-bond donors (Lipinski definition) is 0. The molecule has 2 aromatic carbocycles. The van der Waals surface area contributed by atoms with Crippen LogP contribution < -0.4 is 0 Å². The van der Waals surface area contributed by atoms with Gasteiger partial charge in [0, 0.05) is 11.1 Å². The Balaban J connectivity index is 2.16. The van der Waals surface area contributed by atoms with Crippen molar-refractivity contribution in [2.45, 2.75) is 23.2 Å². The minimum Gasteiger partial charge on any atom is -0.227 e. The van der Waals surface area contributed by atoms with Crippen LogP contribution in [-0.4, -0.2) is 11.8 Å². The molecule has 0 aromatic heterocycles. The number of rotatable bonds is 4. The zero-order valence-electron chi connectivity index (χ0n) is 15.2. The van der Waals surface area contributed by atoms with Gasteiger partial charge in [0.2, 0.25) is 11.3 Å². The SMILES string of the molecule is FC(F)=C(F)c1ccc([C@@]2(F)C(F)(F)C(F)(F)[C@]2(F)c2ccc(C(F)=C(F)F)cc2)cc1. The van der Waals surface area contributed by atoms with E-state index in [1.54, 1.807) is 0 Å². The average Bonchev–Trinajstić information content (AvgIpc) is 2.76. The fourth-order valence-corrected chi connectivity index (χ4v) is 3.47. The summed E-state index contributed by atoms with van der Waals surface area (Å²) in [5.41, 5.74) is -14.3. The third-order valence-corrected chi connectivity index (χ3v) is 5.14. The van der Waals surface area contributed by atoms with E-state index in [0.29, 0.717) is 24.3 Å². The van der Waals surface area contributed by atoms with Crippen LogP contribution in [0, 0.1) is 0 Å². The maximum Gasteiger partial charge on any atom is 0.355 e. The van der Waals surface area contributed by atoms with Crippen molar-refractivity contribution in [1.82, 2.24) is 0 Å². The van der Waals surface area contributed by atoms with Crippen molar-refractivity contribution in [3.05, 3.63) is 82.9 Å². The molecule has 1 fully saturated rings. The highest BCUT2D eigenvalue weighted by molar-refractivity contribution is 5.62. The summed E-state index contributed by atoms with van der Waals surface area (Å²) >= 11 is 0. The van der Waals surface area contributed by atoms with Gasteiger partial charge in [0.1, 0.15) is 0 Å². The molecule has 2 aromatic rings. The fourth-order valence-electron chi connectivity index (χ4n) is 3.47. The van der Waals surface area contributed by atoms with Crippen molar-refractivity contribution in [3.8, 4) is 0 Å². The van der Waals surface area contributed by atoms with Gasteiger partial charge in [-0.2, -0.15) is 35.1 Å². The predicted molar refractivity (Wildman–Crippen MR) is 88.8 cm³/mol. The van der Waals surface area contributed by atoms with E-state index in [1.165, 1.54) is 0 Å². The van der Waals surface area contributed by atoms with E-state index in [1.807, 2.05) is 0 Å². The molecule has 1 saturated carbocycles. The van der Waals surface area contributed by atoms with Gasteiger partial charge >= 0.3 is 24.0 Å². The van der Waals surface area contributed by atoms with Crippen LogP contribution >= 0.6 is 0 Å². The van der Waals surface area contributed by atoms with Crippen molar-refractivity contribution >= 4 is 11.7 Å². The zero-order chi connectivity index (χ0) is 24.3. The lowest BCUT2D eigenvalue weighted by Gasteiger charge is -2.58. The first-order chi connectivity index (χ1) is 14.6. The van der Waals surface area contributed by atoms with Crippen LogP contribution in [0.1, 0.15) is 22.3 Å². The highest BCUT2D eigenvalue weighted by atomic mass is 19.3. The molecular formula is C20H8F12. The monoisotopic (exact) mass is 476 g/mol. The van der Waals surface area contributed by atoms with Crippen molar-refractivity contribution in [2.75, 3.05) is 0 Å². The van der Waals surface area contributed by atoms with Gasteiger partial charge < -0.3 is 0 Å². The summed E-state index contributed by atoms with van der Waals surface area (Å²) in [5.74, 6) is -15.5. The normalized spacial score (nSPS) is 25.6. The van der Waals surface area contributed by atoms with Crippen LogP contribution in [0.3, 0.4) is 0 Å². The third kappa shape index (κ3) is 2.80. The van der Waals surface area contributed by atoms with Gasteiger partial charge in [-0.25, -0.2) is 17.6 Å². The van der Waals surface area contributed by atoms with E-state index < -0.39 is 69.3 Å². The van der Waals surface area contributed by atoms with Crippen LogP contribution in [-0.2, 0) is 11.3 Å². The summed E-state index contributed by atoms with van der Waals surface area (Å²) in [6, 6.07) is 2.32. The van der Waals surface area contributed by atoms with Gasteiger partial charge in [0.25, 0.3) is 0 Å². The molecule has 1 aliphatic carbocycles. The Hall–Kier alpha value is -2.92. The van der Waals surface area contributed by atoms with E-state index in [0.717, 1.165) is 0 Å². The second kappa shape index (κ2) is 7.31. The molecule has 0 radical (unpaired) electrons. The maximum atomic E-state index is 15.5. The highest BCUT2D eigenvalue weighted by Crippen LogP contribution is 2.76. The van der Waals surface area contributed by atoms with Gasteiger partial charge in [-0.15, -0.1) is 0 Å². The smallest absolute Gasteiger partial charge is 0.227 e. The summed E-state index contributed by atoms with van der Waals surface area (Å²) in [6.45, 7) is 0. The van der Waals surface area contributed by atoms with E-state index >= 15 is 8.78 Å². The van der Waals surface area contributed by atoms with Crippen LogP contribution in [0.4, 0.5) is 52.7 Å². The molecule has 32 heavy (non-hydrogen) atoms. The Morgan fingerprint density at radius 3 is 0.906 bits per heavy atom. The molecule has 0 saturated heterocycles. The lowest BCUT2D eigenvalue weighted by Crippen LogP contribution is -2.82. The van der Waals surface area contributed by atoms with E-state index in [-0.39, 0.29) is 24.3 Å². The first kappa shape index (κ1) is 23.7. The molecule has 0 spiro atoms. The second-order valence-electron chi connectivity index (χ2n) is 6.77. The minimum absolute atomic E-state index is 0.227. The van der Waals surface area contributed by atoms with Gasteiger partial charge in [0.15, 0.2) is 11.7 Å². The number of halogens is 12. The Morgan fingerprint density at radius 1 is 0.438 bits per heavy atom. The first-order valence-corrected chi connectivity index (χ1v) is 8.41.